The Morgan fingerprint density at radius 2 is 2.31 bits per heavy atom. The van der Waals surface area contributed by atoms with Crippen molar-refractivity contribution in [2.45, 2.75) is 19.8 Å². The van der Waals surface area contributed by atoms with Crippen molar-refractivity contribution in [3.63, 3.8) is 0 Å². The summed E-state index contributed by atoms with van der Waals surface area (Å²) in [6.07, 6.45) is 1.52. The Balaban J connectivity index is 2.76. The van der Waals surface area contributed by atoms with Crippen molar-refractivity contribution >= 4 is 11.0 Å². The number of hydrogen-bond donors (Lipinski definition) is 1. The Kier molecular flexibility index (Phi) is 1.69. The fourth-order valence-electron chi connectivity index (χ4n) is 1.19. The highest BCUT2D eigenvalue weighted by Crippen LogP contribution is 2.21. The number of nitrogens with one attached hydrogen (secondary N) is 1. The molecule has 0 aliphatic carbocycles. The highest BCUT2D eigenvalue weighted by Gasteiger charge is 2.09. The maximum absolute atomic E-state index is 11.2. The van der Waals surface area contributed by atoms with E-state index in [-0.39, 0.29) is 11.5 Å². The summed E-state index contributed by atoms with van der Waals surface area (Å²) in [4.78, 5) is 11.2. The van der Waals surface area contributed by atoms with Crippen LogP contribution in [0.4, 0.5) is 0 Å². The van der Waals surface area contributed by atoms with Crippen molar-refractivity contribution in [1.29, 1.82) is 0 Å². The summed E-state index contributed by atoms with van der Waals surface area (Å²) in [5.41, 5.74) is 0.348. The van der Waals surface area contributed by atoms with Crippen LogP contribution in [0.5, 0.6) is 0 Å². The van der Waals surface area contributed by atoms with Crippen LogP contribution in [0.15, 0.2) is 21.5 Å². The second-order valence-electron chi connectivity index (χ2n) is 3.28. The van der Waals surface area contributed by atoms with E-state index in [0.29, 0.717) is 11.0 Å². The predicted molar refractivity (Wildman–Crippen MR) is 48.7 cm³/mol. The van der Waals surface area contributed by atoms with Crippen molar-refractivity contribution in [2.24, 2.45) is 0 Å². The van der Waals surface area contributed by atoms with E-state index in [9.17, 15) is 4.79 Å². The number of aromatic nitrogens is 2. The van der Waals surface area contributed by atoms with Crippen LogP contribution in [-0.2, 0) is 0 Å². The molecule has 0 radical (unpaired) electrons. The summed E-state index contributed by atoms with van der Waals surface area (Å²) in [6, 6.07) is 1.76. The molecule has 68 valence electrons. The number of aromatic amines is 1. The Labute approximate surface area is 74.6 Å². The molecule has 2 aromatic heterocycles. The average Bonchev–Trinajstić information content (AvgIpc) is 2.49. The third-order valence-electron chi connectivity index (χ3n) is 1.94. The molecule has 0 amide bonds. The lowest BCUT2D eigenvalue weighted by molar-refractivity contribution is 0.520. The minimum Gasteiger partial charge on any atom is -0.459 e. The number of hydrogen-bond acceptors (Lipinski definition) is 3. The molecule has 0 saturated heterocycles. The van der Waals surface area contributed by atoms with Gasteiger partial charge in [-0.2, -0.15) is 5.10 Å². The van der Waals surface area contributed by atoms with Crippen LogP contribution in [0.2, 0.25) is 0 Å². The molecule has 0 aliphatic rings. The summed E-state index contributed by atoms with van der Waals surface area (Å²) in [7, 11) is 0. The average molecular weight is 178 g/mol. The van der Waals surface area contributed by atoms with E-state index in [4.69, 9.17) is 4.42 Å². The van der Waals surface area contributed by atoms with Gasteiger partial charge in [0.25, 0.3) is 5.56 Å². The number of H-pyrrole nitrogens is 1. The monoisotopic (exact) mass is 178 g/mol. The lowest BCUT2D eigenvalue weighted by atomic mass is 10.1. The molecule has 2 heterocycles. The molecule has 4 heteroatoms. The second kappa shape index (κ2) is 2.73. The summed E-state index contributed by atoms with van der Waals surface area (Å²) in [5.74, 6) is 1.10. The van der Waals surface area contributed by atoms with Gasteiger partial charge in [0.2, 0.25) is 0 Å². The van der Waals surface area contributed by atoms with Gasteiger partial charge in [-0.25, -0.2) is 5.10 Å². The van der Waals surface area contributed by atoms with Gasteiger partial charge >= 0.3 is 0 Å². The Bertz CT molecular complexity index is 482. The van der Waals surface area contributed by atoms with Crippen LogP contribution in [0.25, 0.3) is 11.0 Å². The lowest BCUT2D eigenvalue weighted by Crippen LogP contribution is -2.05. The van der Waals surface area contributed by atoms with Gasteiger partial charge in [0.15, 0.2) is 5.58 Å². The summed E-state index contributed by atoms with van der Waals surface area (Å²) >= 11 is 0. The third-order valence-corrected chi connectivity index (χ3v) is 1.94. The molecule has 0 fully saturated rings. The van der Waals surface area contributed by atoms with Crippen LogP contribution < -0.4 is 5.56 Å². The van der Waals surface area contributed by atoms with Crippen molar-refractivity contribution in [2.75, 3.05) is 0 Å². The zero-order valence-corrected chi connectivity index (χ0v) is 7.50. The fraction of sp³-hybridized carbons (Fsp3) is 0.333. The third kappa shape index (κ3) is 1.24. The minimum atomic E-state index is -0.201. The lowest BCUT2D eigenvalue weighted by Gasteiger charge is -1.95. The zero-order valence-electron chi connectivity index (χ0n) is 7.50. The molecule has 0 atom stereocenters. The Morgan fingerprint density at radius 1 is 1.54 bits per heavy atom. The largest absolute Gasteiger partial charge is 0.459 e. The van der Waals surface area contributed by atoms with E-state index in [2.05, 4.69) is 10.2 Å². The molecule has 0 aliphatic heterocycles. The van der Waals surface area contributed by atoms with Gasteiger partial charge < -0.3 is 4.42 Å². The van der Waals surface area contributed by atoms with Crippen LogP contribution in [0.1, 0.15) is 25.5 Å². The molecule has 4 nitrogen and oxygen atoms in total. The van der Waals surface area contributed by atoms with E-state index in [1.165, 1.54) is 6.20 Å². The Morgan fingerprint density at radius 3 is 2.92 bits per heavy atom. The normalized spacial score (nSPS) is 11.3. The molecule has 1 N–H and O–H groups in total. The number of furan rings is 1. The molecule has 0 spiro atoms. The maximum Gasteiger partial charge on any atom is 0.275 e. The first-order valence-corrected chi connectivity index (χ1v) is 4.15. The molecule has 0 bridgehead atoms. The fourth-order valence-corrected chi connectivity index (χ4v) is 1.19. The van der Waals surface area contributed by atoms with Gasteiger partial charge in [0.05, 0.1) is 11.6 Å². The van der Waals surface area contributed by atoms with Crippen molar-refractivity contribution in [1.82, 2.24) is 10.2 Å². The van der Waals surface area contributed by atoms with Crippen LogP contribution in [0, 0.1) is 0 Å². The molecule has 2 aromatic rings. The standard InChI is InChI=1S/C9H10N2O2/c1-5(2)7-3-6-8(13-7)4-10-11-9(6)12/h3-5H,1-2H3,(H,11,12). The summed E-state index contributed by atoms with van der Waals surface area (Å²) < 4.78 is 5.43. The molecular weight excluding hydrogens is 168 g/mol. The van der Waals surface area contributed by atoms with Crippen LogP contribution in [0.3, 0.4) is 0 Å². The van der Waals surface area contributed by atoms with E-state index in [1.807, 2.05) is 13.8 Å². The van der Waals surface area contributed by atoms with Crippen LogP contribution in [-0.4, -0.2) is 10.2 Å². The first kappa shape index (κ1) is 8.04. The van der Waals surface area contributed by atoms with E-state index >= 15 is 0 Å². The summed E-state index contributed by atoms with van der Waals surface area (Å²) in [5, 5.41) is 6.58. The zero-order chi connectivity index (χ0) is 9.42. The quantitative estimate of drug-likeness (QED) is 0.722. The molecular formula is C9H10N2O2. The SMILES string of the molecule is CC(C)c1cc2c(=O)[nH]ncc2o1. The van der Waals surface area contributed by atoms with Gasteiger partial charge in [-0.3, -0.25) is 4.79 Å². The molecule has 13 heavy (non-hydrogen) atoms. The van der Waals surface area contributed by atoms with Gasteiger partial charge in [0, 0.05) is 5.92 Å². The van der Waals surface area contributed by atoms with E-state index in [0.717, 1.165) is 5.76 Å². The smallest absolute Gasteiger partial charge is 0.275 e. The predicted octanol–water partition coefficient (Wildman–Crippen LogP) is 1.64. The van der Waals surface area contributed by atoms with Crippen molar-refractivity contribution in [3.8, 4) is 0 Å². The maximum atomic E-state index is 11.2. The number of nitrogens with zero attached hydrogens (tertiary/aromatic N) is 1. The Hall–Kier alpha value is -1.58. The highest BCUT2D eigenvalue weighted by molar-refractivity contribution is 5.75. The second-order valence-corrected chi connectivity index (χ2v) is 3.28. The van der Waals surface area contributed by atoms with Crippen molar-refractivity contribution in [3.05, 3.63) is 28.4 Å². The van der Waals surface area contributed by atoms with Crippen LogP contribution >= 0.6 is 0 Å². The molecule has 2 rings (SSSR count). The van der Waals surface area contributed by atoms with Gasteiger partial charge in [-0.1, -0.05) is 13.8 Å². The molecule has 0 saturated carbocycles. The number of fused-ring (bicyclic) bond motifs is 1. The van der Waals surface area contributed by atoms with E-state index in [1.54, 1.807) is 6.07 Å². The van der Waals surface area contributed by atoms with Gasteiger partial charge in [-0.05, 0) is 6.07 Å². The van der Waals surface area contributed by atoms with Gasteiger partial charge in [0.1, 0.15) is 5.76 Å². The number of rotatable bonds is 1. The molecule has 0 unspecified atom stereocenters. The molecule has 0 aromatic carbocycles. The summed E-state index contributed by atoms with van der Waals surface area (Å²) in [6.45, 7) is 4.03. The van der Waals surface area contributed by atoms with E-state index < -0.39 is 0 Å². The minimum absolute atomic E-state index is 0.201. The first-order valence-electron chi connectivity index (χ1n) is 4.15. The first-order chi connectivity index (χ1) is 6.18. The topological polar surface area (TPSA) is 58.9 Å². The van der Waals surface area contributed by atoms with Crippen molar-refractivity contribution < 1.29 is 4.42 Å². The van der Waals surface area contributed by atoms with Gasteiger partial charge in [-0.15, -0.1) is 0 Å². The highest BCUT2D eigenvalue weighted by atomic mass is 16.3.